The lowest BCUT2D eigenvalue weighted by Gasteiger charge is -2.39. The first-order valence-electron chi connectivity index (χ1n) is 14.2. The molecule has 7 heteroatoms. The zero-order valence-corrected chi connectivity index (χ0v) is 23.9. The first-order chi connectivity index (χ1) is 18.8. The zero-order valence-electron chi connectivity index (χ0n) is 23.9. The van der Waals surface area contributed by atoms with Crippen LogP contribution in [0.4, 0.5) is 21.5 Å². The summed E-state index contributed by atoms with van der Waals surface area (Å²) in [7, 11) is 2.07. The Balaban J connectivity index is 1.45. The van der Waals surface area contributed by atoms with Crippen molar-refractivity contribution in [3.05, 3.63) is 71.7 Å². The van der Waals surface area contributed by atoms with Gasteiger partial charge in [-0.05, 0) is 62.9 Å². The van der Waals surface area contributed by atoms with Crippen LogP contribution in [0.15, 0.2) is 54.2 Å². The fourth-order valence-electron chi connectivity index (χ4n) is 6.00. The third-order valence-corrected chi connectivity index (χ3v) is 8.43. The number of fused-ring (bicyclic) bond motifs is 1. The normalized spacial score (nSPS) is 19.1. The third-order valence-electron chi connectivity index (χ3n) is 8.43. The van der Waals surface area contributed by atoms with Crippen molar-refractivity contribution >= 4 is 28.6 Å². The van der Waals surface area contributed by atoms with Crippen molar-refractivity contribution < 1.29 is 9.13 Å². The molecule has 2 aromatic rings. The van der Waals surface area contributed by atoms with Gasteiger partial charge in [0.05, 0.1) is 23.1 Å². The second-order valence-corrected chi connectivity index (χ2v) is 11.0. The molecule has 0 aliphatic carbocycles. The molecule has 2 fully saturated rings. The average molecular weight is 532 g/mol. The summed E-state index contributed by atoms with van der Waals surface area (Å²) in [6.45, 7) is 20.0. The van der Waals surface area contributed by atoms with Gasteiger partial charge in [-0.25, -0.2) is 9.38 Å². The molecule has 0 bridgehead atoms. The summed E-state index contributed by atoms with van der Waals surface area (Å²) in [6, 6.07) is 9.42. The van der Waals surface area contributed by atoms with Crippen molar-refractivity contribution in [2.24, 2.45) is 10.9 Å². The predicted molar refractivity (Wildman–Crippen MR) is 160 cm³/mol. The molecule has 1 atom stereocenters. The number of nitrogens with zero attached hydrogens (tertiary/aromatic N) is 4. The molecule has 0 radical (unpaired) electrons. The van der Waals surface area contributed by atoms with Crippen LogP contribution >= 0.6 is 0 Å². The Hall–Kier alpha value is -3.32. The minimum absolute atomic E-state index is 0.0417. The summed E-state index contributed by atoms with van der Waals surface area (Å²) in [5.41, 5.74) is 8.34. The van der Waals surface area contributed by atoms with Crippen LogP contribution in [0.1, 0.15) is 55.8 Å². The highest BCUT2D eigenvalue weighted by atomic mass is 19.1. The van der Waals surface area contributed by atoms with Crippen molar-refractivity contribution in [3.63, 3.8) is 0 Å². The van der Waals surface area contributed by atoms with Crippen LogP contribution in [0.25, 0.3) is 5.70 Å². The minimum atomic E-state index is -0.221. The van der Waals surface area contributed by atoms with E-state index in [9.17, 15) is 4.39 Å². The molecule has 3 aliphatic heterocycles. The molecule has 208 valence electrons. The van der Waals surface area contributed by atoms with E-state index in [1.807, 2.05) is 6.07 Å². The quantitative estimate of drug-likeness (QED) is 0.429. The van der Waals surface area contributed by atoms with Crippen LogP contribution in [0.2, 0.25) is 0 Å². The van der Waals surface area contributed by atoms with Crippen molar-refractivity contribution in [3.8, 4) is 0 Å². The smallest absolute Gasteiger partial charge is 0.125 e. The van der Waals surface area contributed by atoms with E-state index in [-0.39, 0.29) is 11.9 Å². The lowest BCUT2D eigenvalue weighted by Crippen LogP contribution is -2.45. The van der Waals surface area contributed by atoms with Crippen molar-refractivity contribution in [1.29, 1.82) is 0 Å². The molecule has 1 unspecified atom stereocenters. The van der Waals surface area contributed by atoms with E-state index in [4.69, 9.17) is 9.73 Å². The Morgan fingerprint density at radius 2 is 1.87 bits per heavy atom. The molecule has 1 N–H and O–H groups in total. The molecule has 3 heterocycles. The SMILES string of the molecule is C=C(CC)N1CCN(c2cc(F)ccc2NC(C)c2cc(C)cc3c2N=C(C2CCOCC2)N(C)C3=C)CC1. The predicted octanol–water partition coefficient (Wildman–Crippen LogP) is 6.73. The van der Waals surface area contributed by atoms with Crippen LogP contribution in [-0.4, -0.2) is 62.1 Å². The number of rotatable bonds is 7. The molecule has 0 aromatic heterocycles. The first kappa shape index (κ1) is 27.3. The number of aliphatic imine (C=N–C) groups is 1. The lowest BCUT2D eigenvalue weighted by atomic mass is 9.92. The number of hydrogen-bond acceptors (Lipinski definition) is 6. The molecule has 0 spiro atoms. The number of nitrogens with one attached hydrogen (secondary N) is 1. The summed E-state index contributed by atoms with van der Waals surface area (Å²) >= 11 is 0. The molecular weight excluding hydrogens is 489 g/mol. The molecule has 0 saturated carbocycles. The molecular formula is C32H42FN5O. The molecule has 5 rings (SSSR count). The van der Waals surface area contributed by atoms with Gasteiger partial charge in [0.1, 0.15) is 11.7 Å². The topological polar surface area (TPSA) is 43.3 Å². The molecule has 2 saturated heterocycles. The van der Waals surface area contributed by atoms with Crippen LogP contribution in [0, 0.1) is 18.7 Å². The van der Waals surface area contributed by atoms with E-state index in [0.29, 0.717) is 5.92 Å². The van der Waals surface area contributed by atoms with E-state index in [0.717, 1.165) is 104 Å². The van der Waals surface area contributed by atoms with Crippen LogP contribution in [0.3, 0.4) is 0 Å². The maximum atomic E-state index is 14.5. The first-order valence-corrected chi connectivity index (χ1v) is 14.2. The third kappa shape index (κ3) is 5.55. The monoisotopic (exact) mass is 531 g/mol. The van der Waals surface area contributed by atoms with Gasteiger partial charge < -0.3 is 24.8 Å². The number of anilines is 2. The summed E-state index contributed by atoms with van der Waals surface area (Å²) in [5.74, 6) is 1.21. The van der Waals surface area contributed by atoms with Gasteiger partial charge in [0, 0.05) is 74.9 Å². The van der Waals surface area contributed by atoms with Crippen LogP contribution in [0.5, 0.6) is 0 Å². The number of piperazine rings is 1. The van der Waals surface area contributed by atoms with E-state index in [1.54, 1.807) is 6.07 Å². The van der Waals surface area contributed by atoms with Gasteiger partial charge in [-0.3, -0.25) is 0 Å². The maximum Gasteiger partial charge on any atom is 0.125 e. The Morgan fingerprint density at radius 3 is 2.56 bits per heavy atom. The Morgan fingerprint density at radius 1 is 1.15 bits per heavy atom. The maximum absolute atomic E-state index is 14.5. The number of benzene rings is 2. The average Bonchev–Trinajstić information content (AvgIpc) is 2.95. The second-order valence-electron chi connectivity index (χ2n) is 11.0. The van der Waals surface area contributed by atoms with E-state index < -0.39 is 0 Å². The van der Waals surface area contributed by atoms with Crippen molar-refractivity contribution in [1.82, 2.24) is 9.80 Å². The van der Waals surface area contributed by atoms with Crippen LogP contribution in [-0.2, 0) is 4.74 Å². The van der Waals surface area contributed by atoms with Crippen LogP contribution < -0.4 is 10.2 Å². The largest absolute Gasteiger partial charge is 0.381 e. The number of allylic oxidation sites excluding steroid dienone is 1. The molecule has 39 heavy (non-hydrogen) atoms. The van der Waals surface area contributed by atoms with Gasteiger partial charge in [0.2, 0.25) is 0 Å². The Labute approximate surface area is 232 Å². The summed E-state index contributed by atoms with van der Waals surface area (Å²) < 4.78 is 20.1. The highest BCUT2D eigenvalue weighted by molar-refractivity contribution is 5.99. The number of halogens is 1. The molecule has 6 nitrogen and oxygen atoms in total. The highest BCUT2D eigenvalue weighted by Gasteiger charge is 2.31. The Kier molecular flexibility index (Phi) is 7.98. The van der Waals surface area contributed by atoms with Gasteiger partial charge in [-0.15, -0.1) is 0 Å². The van der Waals surface area contributed by atoms with Gasteiger partial charge >= 0.3 is 0 Å². The summed E-state index contributed by atoms with van der Waals surface area (Å²) in [5, 5.41) is 3.72. The fourth-order valence-corrected chi connectivity index (χ4v) is 6.00. The Bertz CT molecular complexity index is 1270. The van der Waals surface area contributed by atoms with E-state index >= 15 is 0 Å². The van der Waals surface area contributed by atoms with Gasteiger partial charge in [0.25, 0.3) is 0 Å². The summed E-state index contributed by atoms with van der Waals surface area (Å²) in [4.78, 5) is 12.0. The van der Waals surface area contributed by atoms with Gasteiger partial charge in [-0.2, -0.15) is 0 Å². The molecule has 3 aliphatic rings. The van der Waals surface area contributed by atoms with Gasteiger partial charge in [-0.1, -0.05) is 26.1 Å². The van der Waals surface area contributed by atoms with E-state index in [2.05, 4.69) is 73.1 Å². The van der Waals surface area contributed by atoms with E-state index in [1.165, 1.54) is 11.6 Å². The number of aryl methyl sites for hydroxylation is 1. The highest BCUT2D eigenvalue weighted by Crippen LogP contribution is 2.42. The number of ether oxygens (including phenoxy) is 1. The minimum Gasteiger partial charge on any atom is -0.381 e. The number of hydrogen-bond donors (Lipinski definition) is 1. The molecule has 2 aromatic carbocycles. The lowest BCUT2D eigenvalue weighted by molar-refractivity contribution is 0.0809. The summed E-state index contributed by atoms with van der Waals surface area (Å²) in [6.07, 6.45) is 2.89. The van der Waals surface area contributed by atoms with Gasteiger partial charge in [0.15, 0.2) is 0 Å². The van der Waals surface area contributed by atoms with Crippen molar-refractivity contribution in [2.45, 2.75) is 46.1 Å². The fraction of sp³-hybridized carbons (Fsp3) is 0.469. The van der Waals surface area contributed by atoms with Crippen molar-refractivity contribution in [2.75, 3.05) is 56.7 Å². The molecule has 0 amide bonds. The standard InChI is InChI=1S/C32H42FN5O/c1-7-22(3)37-12-14-38(15-13-37)30-20-26(33)8-9-29(30)34-23(4)27-18-21(2)19-28-24(5)36(6)32(35-31(27)28)25-10-16-39-17-11-25/h8-9,18-20,23,25,34H,3,5,7,10-17H2,1-2,4,6H3. The zero-order chi connectivity index (χ0) is 27.7. The second kappa shape index (κ2) is 11.4. The number of amidine groups is 1.